The highest BCUT2D eigenvalue weighted by molar-refractivity contribution is 5.49. The fourth-order valence-corrected chi connectivity index (χ4v) is 3.51. The molecule has 2 saturated heterocycles. The minimum Gasteiger partial charge on any atom is -0.379 e. The standard InChI is InChI=1S/C19H27N7O/c1-2-4-17(5-3-1)25-8-10-26(11-9-25)18-16-21-23-19(22-18)20-6-7-24-12-14-27-15-13-24/h1-5,16H,6-15H2,(H,20,22,23). The van der Waals surface area contributed by atoms with Crippen molar-refractivity contribution < 1.29 is 4.74 Å². The number of benzene rings is 1. The molecule has 8 heteroatoms. The molecule has 27 heavy (non-hydrogen) atoms. The van der Waals surface area contributed by atoms with E-state index in [1.165, 1.54) is 5.69 Å². The Morgan fingerprint density at radius 3 is 2.44 bits per heavy atom. The Kier molecular flexibility index (Phi) is 5.96. The van der Waals surface area contributed by atoms with Gasteiger partial charge in [-0.15, -0.1) is 5.10 Å². The molecule has 1 aromatic heterocycles. The van der Waals surface area contributed by atoms with E-state index in [9.17, 15) is 0 Å². The van der Waals surface area contributed by atoms with Crippen LogP contribution in [0.1, 0.15) is 0 Å². The van der Waals surface area contributed by atoms with Crippen LogP contribution in [0, 0.1) is 0 Å². The molecule has 2 fully saturated rings. The maximum Gasteiger partial charge on any atom is 0.244 e. The van der Waals surface area contributed by atoms with Crippen LogP contribution in [0.3, 0.4) is 0 Å². The molecule has 1 N–H and O–H groups in total. The topological polar surface area (TPSA) is 69.7 Å². The SMILES string of the molecule is c1ccc(N2CCN(c3cnnc(NCCN4CCOCC4)n3)CC2)cc1. The zero-order valence-electron chi connectivity index (χ0n) is 15.6. The molecule has 0 amide bonds. The first kappa shape index (κ1) is 17.9. The van der Waals surface area contributed by atoms with Crippen LogP contribution in [0.5, 0.6) is 0 Å². The molecule has 1 aromatic carbocycles. The molecule has 0 saturated carbocycles. The maximum absolute atomic E-state index is 5.38. The van der Waals surface area contributed by atoms with Crippen molar-refractivity contribution in [1.82, 2.24) is 20.1 Å². The molecule has 0 bridgehead atoms. The lowest BCUT2D eigenvalue weighted by molar-refractivity contribution is 0.0398. The minimum atomic E-state index is 0.603. The molecular weight excluding hydrogens is 342 g/mol. The van der Waals surface area contributed by atoms with Crippen LogP contribution in [-0.4, -0.2) is 85.7 Å². The summed E-state index contributed by atoms with van der Waals surface area (Å²) in [5.74, 6) is 1.50. The summed E-state index contributed by atoms with van der Waals surface area (Å²) < 4.78 is 5.38. The number of para-hydroxylation sites is 1. The monoisotopic (exact) mass is 369 g/mol. The number of nitrogens with zero attached hydrogens (tertiary/aromatic N) is 6. The van der Waals surface area contributed by atoms with E-state index in [1.54, 1.807) is 6.20 Å². The van der Waals surface area contributed by atoms with Gasteiger partial charge in [-0.3, -0.25) is 4.90 Å². The number of hydrogen-bond donors (Lipinski definition) is 1. The van der Waals surface area contributed by atoms with Gasteiger partial charge in [-0.05, 0) is 12.1 Å². The first-order valence-electron chi connectivity index (χ1n) is 9.67. The quantitative estimate of drug-likeness (QED) is 0.807. The second-order valence-electron chi connectivity index (χ2n) is 6.83. The van der Waals surface area contributed by atoms with Crippen LogP contribution in [0.25, 0.3) is 0 Å². The second-order valence-corrected chi connectivity index (χ2v) is 6.83. The van der Waals surface area contributed by atoms with Gasteiger partial charge >= 0.3 is 0 Å². The van der Waals surface area contributed by atoms with Crippen molar-refractivity contribution in [3.8, 4) is 0 Å². The van der Waals surface area contributed by atoms with Gasteiger partial charge in [0.1, 0.15) is 0 Å². The van der Waals surface area contributed by atoms with Gasteiger partial charge in [-0.1, -0.05) is 18.2 Å². The third-order valence-electron chi connectivity index (χ3n) is 5.09. The van der Waals surface area contributed by atoms with Crippen molar-refractivity contribution in [3.05, 3.63) is 36.5 Å². The van der Waals surface area contributed by atoms with E-state index in [2.05, 4.69) is 65.5 Å². The highest BCUT2D eigenvalue weighted by Gasteiger charge is 2.19. The molecule has 0 aliphatic carbocycles. The van der Waals surface area contributed by atoms with Gasteiger partial charge in [0.2, 0.25) is 5.95 Å². The average molecular weight is 369 g/mol. The Morgan fingerprint density at radius 1 is 0.926 bits per heavy atom. The van der Waals surface area contributed by atoms with Gasteiger partial charge in [0.05, 0.1) is 19.4 Å². The Balaban J connectivity index is 1.27. The number of nitrogens with one attached hydrogen (secondary N) is 1. The van der Waals surface area contributed by atoms with Crippen molar-refractivity contribution in [2.45, 2.75) is 0 Å². The van der Waals surface area contributed by atoms with Crippen LogP contribution in [-0.2, 0) is 4.74 Å². The summed E-state index contributed by atoms with van der Waals surface area (Å²) in [7, 11) is 0. The first-order valence-corrected chi connectivity index (χ1v) is 9.67. The summed E-state index contributed by atoms with van der Waals surface area (Å²) in [6.07, 6.45) is 1.76. The van der Waals surface area contributed by atoms with Crippen molar-refractivity contribution in [3.63, 3.8) is 0 Å². The molecule has 0 radical (unpaired) electrons. The molecular formula is C19H27N7O. The summed E-state index contributed by atoms with van der Waals surface area (Å²) in [5, 5.41) is 11.6. The average Bonchev–Trinajstić information content (AvgIpc) is 2.76. The smallest absolute Gasteiger partial charge is 0.244 e. The van der Waals surface area contributed by atoms with E-state index >= 15 is 0 Å². The summed E-state index contributed by atoms with van der Waals surface area (Å²) >= 11 is 0. The number of morpholine rings is 1. The largest absolute Gasteiger partial charge is 0.379 e. The lowest BCUT2D eigenvalue weighted by Crippen LogP contribution is -2.47. The molecule has 4 rings (SSSR count). The highest BCUT2D eigenvalue weighted by atomic mass is 16.5. The minimum absolute atomic E-state index is 0.603. The summed E-state index contributed by atoms with van der Waals surface area (Å²) in [6.45, 7) is 9.23. The van der Waals surface area contributed by atoms with Gasteiger partial charge in [0.25, 0.3) is 0 Å². The van der Waals surface area contributed by atoms with Gasteiger partial charge in [0, 0.05) is 58.0 Å². The van der Waals surface area contributed by atoms with E-state index < -0.39 is 0 Å². The van der Waals surface area contributed by atoms with Gasteiger partial charge in [-0.2, -0.15) is 10.1 Å². The zero-order chi connectivity index (χ0) is 18.3. The van der Waals surface area contributed by atoms with Gasteiger partial charge in [0.15, 0.2) is 5.82 Å². The molecule has 144 valence electrons. The number of aromatic nitrogens is 3. The van der Waals surface area contributed by atoms with Crippen molar-refractivity contribution in [2.24, 2.45) is 0 Å². The zero-order valence-corrected chi connectivity index (χ0v) is 15.6. The molecule has 0 spiro atoms. The third-order valence-corrected chi connectivity index (χ3v) is 5.09. The molecule has 0 atom stereocenters. The Hall–Kier alpha value is -2.45. The number of hydrogen-bond acceptors (Lipinski definition) is 8. The molecule has 2 aliphatic heterocycles. The highest BCUT2D eigenvalue weighted by Crippen LogP contribution is 2.18. The molecule has 2 aliphatic rings. The van der Waals surface area contributed by atoms with Crippen LogP contribution < -0.4 is 15.1 Å². The van der Waals surface area contributed by atoms with Crippen molar-refractivity contribution >= 4 is 17.5 Å². The fourth-order valence-electron chi connectivity index (χ4n) is 3.51. The molecule has 2 aromatic rings. The van der Waals surface area contributed by atoms with Crippen molar-refractivity contribution in [1.29, 1.82) is 0 Å². The van der Waals surface area contributed by atoms with Crippen LogP contribution >= 0.6 is 0 Å². The van der Waals surface area contributed by atoms with Gasteiger partial charge in [-0.25, -0.2) is 0 Å². The predicted molar refractivity (Wildman–Crippen MR) is 106 cm³/mol. The summed E-state index contributed by atoms with van der Waals surface area (Å²) in [4.78, 5) is 11.7. The Labute approximate surface area is 160 Å². The summed E-state index contributed by atoms with van der Waals surface area (Å²) in [6, 6.07) is 10.6. The first-order chi connectivity index (χ1) is 13.4. The lowest BCUT2D eigenvalue weighted by Gasteiger charge is -2.36. The molecule has 3 heterocycles. The second kappa shape index (κ2) is 8.96. The van der Waals surface area contributed by atoms with E-state index in [0.29, 0.717) is 5.95 Å². The maximum atomic E-state index is 5.38. The molecule has 8 nitrogen and oxygen atoms in total. The van der Waals surface area contributed by atoms with Crippen LogP contribution in [0.2, 0.25) is 0 Å². The number of ether oxygens (including phenoxy) is 1. The summed E-state index contributed by atoms with van der Waals surface area (Å²) in [5.41, 5.74) is 1.28. The van der Waals surface area contributed by atoms with Crippen LogP contribution in [0.4, 0.5) is 17.5 Å². The van der Waals surface area contributed by atoms with Crippen LogP contribution in [0.15, 0.2) is 36.5 Å². The Morgan fingerprint density at radius 2 is 1.67 bits per heavy atom. The molecule has 0 unspecified atom stereocenters. The van der Waals surface area contributed by atoms with E-state index in [0.717, 1.165) is 71.4 Å². The van der Waals surface area contributed by atoms with E-state index in [1.807, 2.05) is 0 Å². The Bertz CT molecular complexity index is 700. The van der Waals surface area contributed by atoms with E-state index in [4.69, 9.17) is 4.74 Å². The predicted octanol–water partition coefficient (Wildman–Crippen LogP) is 0.942. The number of piperazine rings is 1. The third kappa shape index (κ3) is 4.84. The number of rotatable bonds is 6. The lowest BCUT2D eigenvalue weighted by atomic mass is 10.2. The normalized spacial score (nSPS) is 18.5. The van der Waals surface area contributed by atoms with Crippen molar-refractivity contribution in [2.75, 3.05) is 80.7 Å². The van der Waals surface area contributed by atoms with Gasteiger partial charge < -0.3 is 19.9 Å². The van der Waals surface area contributed by atoms with E-state index in [-0.39, 0.29) is 0 Å². The number of anilines is 3. The fraction of sp³-hybridized carbons (Fsp3) is 0.526.